The predicted octanol–water partition coefficient (Wildman–Crippen LogP) is 2.87. The van der Waals surface area contributed by atoms with E-state index in [0.29, 0.717) is 31.5 Å². The van der Waals surface area contributed by atoms with Gasteiger partial charge in [-0.2, -0.15) is 0 Å². The second-order valence-electron chi connectivity index (χ2n) is 7.27. The van der Waals surface area contributed by atoms with Gasteiger partial charge >= 0.3 is 0 Å². The van der Waals surface area contributed by atoms with Gasteiger partial charge in [-0.3, -0.25) is 14.9 Å². The third-order valence-electron chi connectivity index (χ3n) is 5.24. The Labute approximate surface area is 173 Å². The average Bonchev–Trinajstić information content (AvgIpc) is 2.72. The number of nitrogens with one attached hydrogen (secondary N) is 1. The smallest absolute Gasteiger partial charge is 0.270 e. The number of aryl methyl sites for hydroxylation is 1. The lowest BCUT2D eigenvalue weighted by Crippen LogP contribution is -2.41. The number of halogens is 1. The zero-order chi connectivity index (χ0) is 21.9. The van der Waals surface area contributed by atoms with Crippen molar-refractivity contribution >= 4 is 21.6 Å². The van der Waals surface area contributed by atoms with Crippen molar-refractivity contribution in [2.75, 3.05) is 19.6 Å². The van der Waals surface area contributed by atoms with Crippen LogP contribution >= 0.6 is 0 Å². The van der Waals surface area contributed by atoms with Gasteiger partial charge in [-0.1, -0.05) is 18.2 Å². The molecule has 160 valence electrons. The first-order valence-electron chi connectivity index (χ1n) is 9.47. The van der Waals surface area contributed by atoms with Crippen molar-refractivity contribution in [3.8, 4) is 0 Å². The molecule has 1 aliphatic rings. The van der Waals surface area contributed by atoms with Crippen molar-refractivity contribution in [1.82, 2.24) is 9.62 Å². The summed E-state index contributed by atoms with van der Waals surface area (Å²) in [5.41, 5.74) is 0.150. The third kappa shape index (κ3) is 4.82. The molecule has 1 saturated heterocycles. The number of carbonyl (C=O) groups excluding carboxylic acids is 1. The molecular weight excluding hydrogens is 413 g/mol. The van der Waals surface area contributed by atoms with Crippen LogP contribution in [0, 0.1) is 28.8 Å². The zero-order valence-electron chi connectivity index (χ0n) is 16.4. The molecule has 30 heavy (non-hydrogen) atoms. The van der Waals surface area contributed by atoms with Crippen LogP contribution in [0.4, 0.5) is 10.1 Å². The van der Waals surface area contributed by atoms with Gasteiger partial charge in [-0.15, -0.1) is 0 Å². The summed E-state index contributed by atoms with van der Waals surface area (Å²) in [6.07, 6.45) is 1.13. The number of amides is 1. The van der Waals surface area contributed by atoms with Crippen LogP contribution in [0.2, 0.25) is 0 Å². The van der Waals surface area contributed by atoms with Gasteiger partial charge in [0.2, 0.25) is 10.0 Å². The van der Waals surface area contributed by atoms with Gasteiger partial charge in [0.1, 0.15) is 5.82 Å². The highest BCUT2D eigenvalue weighted by Crippen LogP contribution is 2.23. The predicted molar refractivity (Wildman–Crippen MR) is 108 cm³/mol. The standard InChI is InChI=1S/C20H22FN3O5S/c1-14-6-7-16(24(26)27)12-19(14)30(28,29)22-13-15-8-10-23(11-9-15)20(25)17-4-2-3-5-18(17)21/h2-7,12,15,22H,8-11,13H2,1H3. The van der Waals surface area contributed by atoms with E-state index in [1.165, 1.54) is 30.3 Å². The third-order valence-corrected chi connectivity index (χ3v) is 6.81. The minimum Gasteiger partial charge on any atom is -0.339 e. The fraction of sp³-hybridized carbons (Fsp3) is 0.350. The van der Waals surface area contributed by atoms with E-state index in [1.807, 2.05) is 0 Å². The molecular formula is C20H22FN3O5S. The summed E-state index contributed by atoms with van der Waals surface area (Å²) >= 11 is 0. The molecule has 2 aromatic carbocycles. The number of likely N-dealkylation sites (tertiary alicyclic amines) is 1. The molecule has 1 aliphatic heterocycles. The van der Waals surface area contributed by atoms with E-state index in [9.17, 15) is 27.7 Å². The Hall–Kier alpha value is -2.85. The van der Waals surface area contributed by atoms with Crippen LogP contribution in [0.25, 0.3) is 0 Å². The van der Waals surface area contributed by atoms with Crippen molar-refractivity contribution in [2.24, 2.45) is 5.92 Å². The summed E-state index contributed by atoms with van der Waals surface area (Å²) in [7, 11) is -3.91. The second kappa shape index (κ2) is 8.88. The van der Waals surface area contributed by atoms with Crippen molar-refractivity contribution in [2.45, 2.75) is 24.7 Å². The highest BCUT2D eigenvalue weighted by molar-refractivity contribution is 7.89. The van der Waals surface area contributed by atoms with E-state index >= 15 is 0 Å². The highest BCUT2D eigenvalue weighted by Gasteiger charge is 2.27. The fourth-order valence-corrected chi connectivity index (χ4v) is 4.82. The molecule has 0 atom stereocenters. The summed E-state index contributed by atoms with van der Waals surface area (Å²) in [5, 5.41) is 10.9. The number of hydrogen-bond donors (Lipinski definition) is 1. The normalized spacial score (nSPS) is 15.2. The zero-order valence-corrected chi connectivity index (χ0v) is 17.2. The molecule has 0 spiro atoms. The summed E-state index contributed by atoms with van der Waals surface area (Å²) in [5.74, 6) is -0.937. The largest absolute Gasteiger partial charge is 0.339 e. The number of nitro groups is 1. The van der Waals surface area contributed by atoms with Crippen LogP contribution in [0.5, 0.6) is 0 Å². The van der Waals surface area contributed by atoms with Gasteiger partial charge in [0.15, 0.2) is 0 Å². The maximum absolute atomic E-state index is 13.8. The number of non-ortho nitro benzene ring substituents is 1. The molecule has 0 unspecified atom stereocenters. The maximum Gasteiger partial charge on any atom is 0.270 e. The number of sulfonamides is 1. The number of nitro benzene ring substituents is 1. The molecule has 0 aliphatic carbocycles. The van der Waals surface area contributed by atoms with E-state index in [2.05, 4.69) is 4.72 Å². The molecule has 0 saturated carbocycles. The average molecular weight is 435 g/mol. The Kier molecular flexibility index (Phi) is 6.47. The van der Waals surface area contributed by atoms with Crippen LogP contribution in [-0.2, 0) is 10.0 Å². The number of rotatable bonds is 6. The van der Waals surface area contributed by atoms with Crippen LogP contribution in [0.1, 0.15) is 28.8 Å². The van der Waals surface area contributed by atoms with E-state index in [0.717, 1.165) is 6.07 Å². The summed E-state index contributed by atoms with van der Waals surface area (Å²) in [6, 6.07) is 9.52. The topological polar surface area (TPSA) is 110 Å². The molecule has 1 amide bonds. The quantitative estimate of drug-likeness (QED) is 0.554. The molecule has 0 aromatic heterocycles. The molecule has 10 heteroatoms. The van der Waals surface area contributed by atoms with Crippen LogP contribution in [0.3, 0.4) is 0 Å². The minimum atomic E-state index is -3.91. The molecule has 1 fully saturated rings. The van der Waals surface area contributed by atoms with Crippen molar-refractivity contribution < 1.29 is 22.5 Å². The van der Waals surface area contributed by atoms with Gasteiger partial charge in [0.25, 0.3) is 11.6 Å². The monoisotopic (exact) mass is 435 g/mol. The minimum absolute atomic E-state index is 0.00319. The first-order chi connectivity index (χ1) is 14.2. The Bertz CT molecular complexity index is 1070. The SMILES string of the molecule is Cc1ccc([N+](=O)[O-])cc1S(=O)(=O)NCC1CCN(C(=O)c2ccccc2F)CC1. The number of carbonyl (C=O) groups is 1. The molecule has 1 N–H and O–H groups in total. The lowest BCUT2D eigenvalue weighted by molar-refractivity contribution is -0.385. The van der Waals surface area contributed by atoms with Crippen molar-refractivity contribution in [3.63, 3.8) is 0 Å². The van der Waals surface area contributed by atoms with Gasteiger partial charge in [0.05, 0.1) is 15.4 Å². The van der Waals surface area contributed by atoms with E-state index < -0.39 is 20.8 Å². The summed E-state index contributed by atoms with van der Waals surface area (Å²) < 4.78 is 41.6. The molecule has 0 bridgehead atoms. The van der Waals surface area contributed by atoms with Gasteiger partial charge in [0, 0.05) is 31.8 Å². The van der Waals surface area contributed by atoms with Crippen LogP contribution < -0.4 is 4.72 Å². The molecule has 2 aromatic rings. The fourth-order valence-electron chi connectivity index (χ4n) is 3.44. The van der Waals surface area contributed by atoms with E-state index in [4.69, 9.17) is 0 Å². The first kappa shape index (κ1) is 21.8. The Balaban J connectivity index is 1.59. The lowest BCUT2D eigenvalue weighted by atomic mass is 9.96. The van der Waals surface area contributed by atoms with E-state index in [1.54, 1.807) is 17.9 Å². The number of benzene rings is 2. The van der Waals surface area contributed by atoms with Crippen LogP contribution in [0.15, 0.2) is 47.4 Å². The summed E-state index contributed by atoms with van der Waals surface area (Å²) in [4.78, 5) is 24.2. The second-order valence-corrected chi connectivity index (χ2v) is 9.01. The highest BCUT2D eigenvalue weighted by atomic mass is 32.2. The van der Waals surface area contributed by atoms with Crippen molar-refractivity contribution in [1.29, 1.82) is 0 Å². The number of nitrogens with zero attached hydrogens (tertiary/aromatic N) is 2. The van der Waals surface area contributed by atoms with Gasteiger partial charge in [-0.05, 0) is 43.4 Å². The van der Waals surface area contributed by atoms with Gasteiger partial charge in [-0.25, -0.2) is 17.5 Å². The molecule has 1 heterocycles. The molecule has 3 rings (SSSR count). The Morgan fingerprint density at radius 3 is 2.53 bits per heavy atom. The molecule has 8 nitrogen and oxygen atoms in total. The first-order valence-corrected chi connectivity index (χ1v) is 11.0. The number of piperidine rings is 1. The molecule has 0 radical (unpaired) electrons. The maximum atomic E-state index is 13.8. The summed E-state index contributed by atoms with van der Waals surface area (Å²) in [6.45, 7) is 2.53. The van der Waals surface area contributed by atoms with Crippen molar-refractivity contribution in [3.05, 3.63) is 69.5 Å². The lowest BCUT2D eigenvalue weighted by Gasteiger charge is -2.32. The number of hydrogen-bond acceptors (Lipinski definition) is 5. The van der Waals surface area contributed by atoms with Gasteiger partial charge < -0.3 is 4.90 Å². The van der Waals surface area contributed by atoms with Crippen LogP contribution in [-0.4, -0.2) is 43.8 Å². The van der Waals surface area contributed by atoms with E-state index in [-0.39, 0.29) is 34.5 Å². The Morgan fingerprint density at radius 1 is 1.23 bits per heavy atom. The Morgan fingerprint density at radius 2 is 1.90 bits per heavy atom.